The largest absolute Gasteiger partial charge is 0.495 e. The van der Waals surface area contributed by atoms with Crippen molar-refractivity contribution in [3.63, 3.8) is 0 Å². The number of halogens is 3. The van der Waals surface area contributed by atoms with Crippen LogP contribution >= 0.6 is 30.3 Å². The van der Waals surface area contributed by atoms with Crippen LogP contribution in [0.1, 0.15) is 103 Å². The third-order valence-electron chi connectivity index (χ3n) is 12.5. The van der Waals surface area contributed by atoms with Crippen molar-refractivity contribution < 1.29 is 46.8 Å². The number of ether oxygens (including phenoxy) is 3. The molecule has 5 atom stereocenters. The van der Waals surface area contributed by atoms with Crippen LogP contribution < -0.4 is 25.4 Å². The lowest BCUT2D eigenvalue weighted by molar-refractivity contribution is -0.138. The van der Waals surface area contributed by atoms with Gasteiger partial charge in [0.25, 0.3) is 0 Å². The topological polar surface area (TPSA) is 181 Å². The van der Waals surface area contributed by atoms with Gasteiger partial charge in [-0.1, -0.05) is 56.7 Å². The smallest absolute Gasteiger partial charge is 0.407 e. The molecule has 2 aromatic carbocycles. The Morgan fingerprint density at radius 2 is 1.77 bits per heavy atom. The highest BCUT2D eigenvalue weighted by atomic mass is 35.5. The summed E-state index contributed by atoms with van der Waals surface area (Å²) in [4.78, 5) is 64.3. The molecular weight excluding hydrogens is 901 g/mol. The maximum atomic E-state index is 15.0. The number of anilines is 1. The van der Waals surface area contributed by atoms with Gasteiger partial charge in [-0.2, -0.15) is 0 Å². The number of fused-ring (bicyclic) bond motifs is 1. The van der Waals surface area contributed by atoms with E-state index in [4.69, 9.17) is 35.8 Å². The van der Waals surface area contributed by atoms with Crippen molar-refractivity contribution in [3.8, 4) is 22.9 Å². The number of thiazole rings is 1. The quantitative estimate of drug-likeness (QED) is 0.0489. The number of aromatic nitrogens is 2. The van der Waals surface area contributed by atoms with Gasteiger partial charge in [-0.25, -0.2) is 23.5 Å². The number of benzene rings is 2. The molecule has 352 valence electrons. The van der Waals surface area contributed by atoms with E-state index in [1.165, 1.54) is 29.4 Å². The van der Waals surface area contributed by atoms with Crippen LogP contribution in [0.3, 0.4) is 0 Å². The van der Waals surface area contributed by atoms with E-state index in [0.717, 1.165) is 69.9 Å². The molecule has 3 fully saturated rings. The summed E-state index contributed by atoms with van der Waals surface area (Å²) < 4.78 is 62.1. The van der Waals surface area contributed by atoms with Crippen LogP contribution in [0.2, 0.25) is 5.02 Å². The molecule has 3 amide bonds. The summed E-state index contributed by atoms with van der Waals surface area (Å²) in [5.41, 5.74) is 0.839. The van der Waals surface area contributed by atoms with Crippen molar-refractivity contribution in [1.82, 2.24) is 25.5 Å². The third-order valence-corrected chi connectivity index (χ3v) is 16.3. The van der Waals surface area contributed by atoms with E-state index in [0.29, 0.717) is 45.3 Å². The van der Waals surface area contributed by atoms with E-state index in [1.54, 1.807) is 18.2 Å². The Bertz CT molecular complexity index is 2400. The normalized spacial score (nSPS) is 21.6. The van der Waals surface area contributed by atoms with Gasteiger partial charge in [0.15, 0.2) is 5.13 Å². The van der Waals surface area contributed by atoms with Gasteiger partial charge in [0.1, 0.15) is 63.9 Å². The maximum Gasteiger partial charge on any atom is 0.407 e. The SMILES string of the molecule is CCCCCCC[C@@H]1C[C@]1(NC(=O)[C@@H]1C[C@@H](Oc2cc(-c3csc(NC(C)C)n3)nc3c(Cl)c(OC)ccc23)CN1C(=O)CNC(=O)OC1CCCC1)P(=O)(O)Cc1c(F)cccc1F. The second-order valence-electron chi connectivity index (χ2n) is 17.6. The number of carbonyl (C=O) groups excluding carboxylic acids is 3. The van der Waals surface area contributed by atoms with Crippen LogP contribution in [-0.4, -0.2) is 87.4 Å². The summed E-state index contributed by atoms with van der Waals surface area (Å²) in [6.45, 7) is 5.50. The van der Waals surface area contributed by atoms with Crippen molar-refractivity contribution >= 4 is 64.2 Å². The van der Waals surface area contributed by atoms with E-state index in [9.17, 15) is 32.6 Å². The number of nitrogens with zero attached hydrogens (tertiary/aromatic N) is 3. The summed E-state index contributed by atoms with van der Waals surface area (Å²) in [5.74, 6) is -2.99. The van der Waals surface area contributed by atoms with Crippen LogP contribution in [0.25, 0.3) is 22.3 Å². The lowest BCUT2D eigenvalue weighted by Crippen LogP contribution is -2.52. The van der Waals surface area contributed by atoms with Gasteiger partial charge in [0, 0.05) is 34.9 Å². The molecule has 0 radical (unpaired) electrons. The van der Waals surface area contributed by atoms with Crippen LogP contribution in [0.4, 0.5) is 18.7 Å². The molecule has 65 heavy (non-hydrogen) atoms. The molecule has 19 heteroatoms. The number of rotatable bonds is 20. The fourth-order valence-electron chi connectivity index (χ4n) is 8.99. The summed E-state index contributed by atoms with van der Waals surface area (Å²) in [6.07, 6.45) is 5.95. The molecule has 3 heterocycles. The third kappa shape index (κ3) is 11.2. The van der Waals surface area contributed by atoms with E-state index < -0.39 is 78.5 Å². The van der Waals surface area contributed by atoms with Gasteiger partial charge < -0.3 is 40.0 Å². The van der Waals surface area contributed by atoms with Gasteiger partial charge in [0.05, 0.1) is 31.0 Å². The lowest BCUT2D eigenvalue weighted by atomic mass is 10.1. The molecule has 14 nitrogen and oxygen atoms in total. The first kappa shape index (κ1) is 48.4. The molecule has 1 unspecified atom stereocenters. The molecule has 4 N–H and O–H groups in total. The number of methoxy groups -OCH3 is 1. The predicted octanol–water partition coefficient (Wildman–Crippen LogP) is 9.80. The van der Waals surface area contributed by atoms with E-state index in [1.807, 2.05) is 19.2 Å². The molecule has 0 bridgehead atoms. The predicted molar refractivity (Wildman–Crippen MR) is 247 cm³/mol. The van der Waals surface area contributed by atoms with Crippen LogP contribution in [-0.2, 0) is 25.1 Å². The minimum Gasteiger partial charge on any atom is -0.495 e. The van der Waals surface area contributed by atoms with Crippen LogP contribution in [0, 0.1) is 17.6 Å². The first-order valence-electron chi connectivity index (χ1n) is 22.5. The Labute approximate surface area is 387 Å². The van der Waals surface area contributed by atoms with E-state index >= 15 is 0 Å². The summed E-state index contributed by atoms with van der Waals surface area (Å²) in [5, 5.41) is 10.3. The van der Waals surface area contributed by atoms with Crippen LogP contribution in [0.15, 0.2) is 41.8 Å². The Kier molecular flexibility index (Phi) is 15.6. The fraction of sp³-hybridized carbons (Fsp3) is 0.543. The van der Waals surface area contributed by atoms with Crippen molar-refractivity contribution in [2.75, 3.05) is 25.5 Å². The molecule has 2 saturated carbocycles. The van der Waals surface area contributed by atoms with Gasteiger partial charge in [0.2, 0.25) is 19.2 Å². The van der Waals surface area contributed by atoms with Gasteiger partial charge in [-0.15, -0.1) is 11.3 Å². The van der Waals surface area contributed by atoms with Crippen molar-refractivity contribution in [2.45, 2.75) is 134 Å². The second-order valence-corrected chi connectivity index (χ2v) is 21.4. The molecule has 1 saturated heterocycles. The number of carbonyl (C=O) groups is 3. The molecule has 2 aliphatic carbocycles. The lowest BCUT2D eigenvalue weighted by Gasteiger charge is -2.30. The molecule has 2 aromatic heterocycles. The number of nitrogens with one attached hydrogen (secondary N) is 3. The summed E-state index contributed by atoms with van der Waals surface area (Å²) in [6, 6.07) is 7.28. The Morgan fingerprint density at radius 3 is 2.48 bits per heavy atom. The van der Waals surface area contributed by atoms with Gasteiger partial charge in [-0.05, 0) is 82.6 Å². The number of likely N-dealkylation sites (tertiary alicyclic amines) is 1. The van der Waals surface area contributed by atoms with Gasteiger partial charge >= 0.3 is 6.09 Å². The van der Waals surface area contributed by atoms with Crippen molar-refractivity contribution in [2.24, 2.45) is 5.92 Å². The number of unbranched alkanes of at least 4 members (excludes halogenated alkanes) is 4. The molecule has 0 spiro atoms. The number of hydrogen-bond donors (Lipinski definition) is 4. The van der Waals surface area contributed by atoms with Crippen molar-refractivity contribution in [3.05, 3.63) is 64.0 Å². The number of pyridine rings is 1. The molecule has 7 rings (SSSR count). The number of hydrogen-bond acceptors (Lipinski definition) is 11. The first-order valence-corrected chi connectivity index (χ1v) is 25.6. The van der Waals surface area contributed by atoms with Gasteiger partial charge in [-0.3, -0.25) is 14.2 Å². The summed E-state index contributed by atoms with van der Waals surface area (Å²) in [7, 11) is -3.07. The van der Waals surface area contributed by atoms with E-state index in [-0.39, 0.29) is 36.6 Å². The highest BCUT2D eigenvalue weighted by Gasteiger charge is 2.66. The molecule has 3 aliphatic rings. The number of alkyl carbamates (subject to hydrolysis) is 1. The zero-order valence-electron chi connectivity index (χ0n) is 37.2. The Balaban J connectivity index is 1.19. The monoisotopic (exact) mass is 958 g/mol. The zero-order chi connectivity index (χ0) is 46.5. The maximum absolute atomic E-state index is 15.0. The standard InChI is InChI=1S/C46H58ClF2N6O8PS/c1-5-6-7-8-9-13-28-22-46(28,64(59,60)25-32-33(48)16-12-17-34(32)49)54-43(57)37-20-30(24-55(37)40(56)23-50-45(58)63-29-14-10-11-15-29)62-39-21-35(36-26-65-44(53-36)51-27(2)3)52-42-31(39)18-19-38(61-4)41(42)47/h12,16-19,21,26-30,37H,5-11,13-15,20,22-25H2,1-4H3,(H,50,58)(H,51,53)(H,54,57)(H,59,60)/t28-,30-,37+,46+/m1/s1. The summed E-state index contributed by atoms with van der Waals surface area (Å²) >= 11 is 8.24. The Morgan fingerprint density at radius 1 is 1.03 bits per heavy atom. The average molecular weight is 959 g/mol. The van der Waals surface area contributed by atoms with E-state index in [2.05, 4.69) is 22.9 Å². The Hall–Kier alpha value is -4.57. The average Bonchev–Trinajstić information content (AvgIpc) is 3.69. The molecule has 4 aromatic rings. The minimum absolute atomic E-state index is 0.0538. The highest BCUT2D eigenvalue weighted by Crippen LogP contribution is 2.71. The van der Waals surface area contributed by atoms with Crippen molar-refractivity contribution in [1.29, 1.82) is 0 Å². The zero-order valence-corrected chi connectivity index (χ0v) is 39.6. The minimum atomic E-state index is -4.57. The number of amides is 3. The second kappa shape index (κ2) is 20.9. The van der Waals surface area contributed by atoms with Crippen LogP contribution in [0.5, 0.6) is 11.5 Å². The molecular formula is C46H58ClF2N6O8PS. The molecule has 1 aliphatic heterocycles. The highest BCUT2D eigenvalue weighted by molar-refractivity contribution is 7.59. The first-order chi connectivity index (χ1) is 31.1. The fourth-order valence-corrected chi connectivity index (χ4v) is 12.6.